The maximum Gasteiger partial charge on any atom is 0.261 e. The Balaban J connectivity index is 1.77. The summed E-state index contributed by atoms with van der Waals surface area (Å²) in [6, 6.07) is 9.39. The zero-order valence-corrected chi connectivity index (χ0v) is 20.2. The molecule has 0 spiro atoms. The number of carbonyl (C=O) groups excluding carboxylic acids is 1. The van der Waals surface area contributed by atoms with E-state index in [1.807, 2.05) is 0 Å². The van der Waals surface area contributed by atoms with Crippen molar-refractivity contribution in [2.24, 2.45) is 0 Å². The zero-order valence-electron chi connectivity index (χ0n) is 17.8. The molecule has 0 unspecified atom stereocenters. The highest BCUT2D eigenvalue weighted by molar-refractivity contribution is 7.92. The van der Waals surface area contributed by atoms with E-state index in [-0.39, 0.29) is 32.1 Å². The molecule has 1 fully saturated rings. The van der Waals surface area contributed by atoms with Crippen LogP contribution in [0.1, 0.15) is 55.3 Å². The summed E-state index contributed by atoms with van der Waals surface area (Å²) in [5, 5.41) is 3.17. The Bertz CT molecular complexity index is 1170. The van der Waals surface area contributed by atoms with Gasteiger partial charge in [0.1, 0.15) is 0 Å². The van der Waals surface area contributed by atoms with Gasteiger partial charge in [0.05, 0.1) is 20.4 Å². The fraction of sp³-hybridized carbons (Fsp3) is 0.409. The number of anilines is 1. The van der Waals surface area contributed by atoms with Gasteiger partial charge in [-0.05, 0) is 55.3 Å². The molecule has 174 valence electrons. The highest BCUT2D eigenvalue weighted by Crippen LogP contribution is 2.24. The third-order valence-corrected chi connectivity index (χ3v) is 8.30. The maximum atomic E-state index is 12.8. The van der Waals surface area contributed by atoms with Gasteiger partial charge in [-0.2, -0.15) is 0 Å². The molecular formula is C22H27ClN2O5S2. The number of rotatable bonds is 6. The summed E-state index contributed by atoms with van der Waals surface area (Å²) < 4.78 is 51.2. The number of carbonyl (C=O) groups is 1. The summed E-state index contributed by atoms with van der Waals surface area (Å²) in [6.45, 7) is 0. The first-order chi connectivity index (χ1) is 15.1. The average molecular weight is 499 g/mol. The molecule has 0 atom stereocenters. The van der Waals surface area contributed by atoms with Gasteiger partial charge in [0.15, 0.2) is 9.84 Å². The minimum absolute atomic E-state index is 0.0469. The van der Waals surface area contributed by atoms with Gasteiger partial charge in [-0.15, -0.1) is 0 Å². The molecule has 0 radical (unpaired) electrons. The van der Waals surface area contributed by atoms with Crippen LogP contribution < -0.4 is 10.0 Å². The van der Waals surface area contributed by atoms with Crippen LogP contribution in [0.25, 0.3) is 0 Å². The van der Waals surface area contributed by atoms with E-state index < -0.39 is 25.8 Å². The Morgan fingerprint density at radius 1 is 0.875 bits per heavy atom. The number of hydrogen-bond donors (Lipinski definition) is 2. The molecule has 7 nitrogen and oxygen atoms in total. The molecule has 0 aliphatic heterocycles. The number of sulfone groups is 1. The van der Waals surface area contributed by atoms with Gasteiger partial charge >= 0.3 is 0 Å². The van der Waals surface area contributed by atoms with Crippen LogP contribution >= 0.6 is 11.6 Å². The number of nitrogens with one attached hydrogen (secondary N) is 2. The monoisotopic (exact) mass is 498 g/mol. The number of benzene rings is 2. The van der Waals surface area contributed by atoms with Gasteiger partial charge in [0, 0.05) is 18.0 Å². The average Bonchev–Trinajstić information content (AvgIpc) is 2.69. The fourth-order valence-electron chi connectivity index (χ4n) is 3.69. The van der Waals surface area contributed by atoms with Crippen LogP contribution in [-0.2, 0) is 19.9 Å². The molecule has 2 aromatic rings. The first-order valence-electron chi connectivity index (χ1n) is 10.5. The minimum atomic E-state index is -4.02. The lowest BCUT2D eigenvalue weighted by atomic mass is 9.96. The van der Waals surface area contributed by atoms with Crippen molar-refractivity contribution < 1.29 is 21.6 Å². The van der Waals surface area contributed by atoms with Gasteiger partial charge in [-0.1, -0.05) is 43.7 Å². The van der Waals surface area contributed by atoms with E-state index in [2.05, 4.69) is 10.0 Å². The molecule has 0 saturated heterocycles. The molecule has 1 aliphatic rings. The van der Waals surface area contributed by atoms with Crippen molar-refractivity contribution in [3.8, 4) is 0 Å². The topological polar surface area (TPSA) is 109 Å². The van der Waals surface area contributed by atoms with Gasteiger partial charge < -0.3 is 5.32 Å². The second kappa shape index (κ2) is 10.2. The third kappa shape index (κ3) is 6.46. The summed E-state index contributed by atoms with van der Waals surface area (Å²) in [7, 11) is -7.40. The van der Waals surface area contributed by atoms with Gasteiger partial charge in [-0.3, -0.25) is 9.52 Å². The molecule has 0 aromatic heterocycles. The van der Waals surface area contributed by atoms with Crippen LogP contribution in [0, 0.1) is 0 Å². The van der Waals surface area contributed by atoms with E-state index >= 15 is 0 Å². The molecule has 2 N–H and O–H groups in total. The Morgan fingerprint density at radius 2 is 1.44 bits per heavy atom. The molecule has 2 aromatic carbocycles. The standard InChI is InChI=1S/C22H27ClN2O5S2/c1-31(27,28)18-11-9-17(10-12-18)25-32(29,30)19-13-14-21(23)20(15-19)22(26)24-16-7-5-3-2-4-6-8-16/h9-16,25H,2-8H2,1H3,(H,24,26). The number of amides is 1. The zero-order chi connectivity index (χ0) is 23.4. The van der Waals surface area contributed by atoms with Crippen LogP contribution in [0.5, 0.6) is 0 Å². The third-order valence-electron chi connectivity index (χ3n) is 5.47. The molecule has 1 aliphatic carbocycles. The normalized spacial score (nSPS) is 16.1. The smallest absolute Gasteiger partial charge is 0.261 e. The van der Waals surface area contributed by atoms with Gasteiger partial charge in [0.25, 0.3) is 15.9 Å². The molecule has 1 amide bonds. The number of halogens is 1. The van der Waals surface area contributed by atoms with E-state index in [0.29, 0.717) is 0 Å². The Kier molecular flexibility index (Phi) is 7.84. The van der Waals surface area contributed by atoms with Gasteiger partial charge in [-0.25, -0.2) is 16.8 Å². The molecule has 1 saturated carbocycles. The Morgan fingerprint density at radius 3 is 2.03 bits per heavy atom. The van der Waals surface area contributed by atoms with E-state index in [9.17, 15) is 21.6 Å². The van der Waals surface area contributed by atoms with E-state index in [4.69, 9.17) is 11.6 Å². The van der Waals surface area contributed by atoms with Crippen molar-refractivity contribution in [1.29, 1.82) is 0 Å². The quantitative estimate of drug-likeness (QED) is 0.614. The Hall–Kier alpha value is -2.10. The highest BCUT2D eigenvalue weighted by atomic mass is 35.5. The molecule has 0 heterocycles. The van der Waals surface area contributed by atoms with Crippen molar-refractivity contribution in [2.75, 3.05) is 11.0 Å². The summed E-state index contributed by atoms with van der Waals surface area (Å²) in [6.07, 6.45) is 8.48. The minimum Gasteiger partial charge on any atom is -0.349 e. The first kappa shape index (κ1) is 24.5. The predicted octanol–water partition coefficient (Wildman–Crippen LogP) is 4.39. The lowest BCUT2D eigenvalue weighted by Gasteiger charge is -2.21. The van der Waals surface area contributed by atoms with Crippen LogP contribution in [0.4, 0.5) is 5.69 Å². The van der Waals surface area contributed by atoms with Gasteiger partial charge in [0.2, 0.25) is 0 Å². The lowest BCUT2D eigenvalue weighted by Crippen LogP contribution is -2.35. The highest BCUT2D eigenvalue weighted by Gasteiger charge is 2.21. The summed E-state index contributed by atoms with van der Waals surface area (Å²) >= 11 is 6.20. The van der Waals surface area contributed by atoms with Crippen LogP contribution in [-0.4, -0.2) is 35.0 Å². The van der Waals surface area contributed by atoms with E-state index in [1.54, 1.807) is 0 Å². The maximum absolute atomic E-state index is 12.8. The lowest BCUT2D eigenvalue weighted by molar-refractivity contribution is 0.0930. The van der Waals surface area contributed by atoms with Crippen molar-refractivity contribution in [3.63, 3.8) is 0 Å². The molecule has 0 bridgehead atoms. The van der Waals surface area contributed by atoms with Crippen LogP contribution in [0.15, 0.2) is 52.3 Å². The largest absolute Gasteiger partial charge is 0.349 e. The van der Waals surface area contributed by atoms with Crippen LogP contribution in [0.2, 0.25) is 5.02 Å². The number of hydrogen-bond acceptors (Lipinski definition) is 5. The fourth-order valence-corrected chi connectivity index (χ4v) is 5.61. The Labute approximate surface area is 194 Å². The summed E-state index contributed by atoms with van der Waals surface area (Å²) in [5.41, 5.74) is 0.303. The first-order valence-corrected chi connectivity index (χ1v) is 14.2. The second-order valence-corrected chi connectivity index (χ2v) is 12.2. The summed E-state index contributed by atoms with van der Waals surface area (Å²) in [5.74, 6) is -0.393. The molecular weight excluding hydrogens is 472 g/mol. The van der Waals surface area contributed by atoms with Crippen molar-refractivity contribution in [1.82, 2.24) is 5.32 Å². The van der Waals surface area contributed by atoms with Crippen molar-refractivity contribution >= 4 is 43.1 Å². The molecule has 32 heavy (non-hydrogen) atoms. The van der Waals surface area contributed by atoms with E-state index in [0.717, 1.165) is 44.8 Å². The summed E-state index contributed by atoms with van der Waals surface area (Å²) in [4.78, 5) is 12.8. The SMILES string of the molecule is CS(=O)(=O)c1ccc(NS(=O)(=O)c2ccc(Cl)c(C(=O)NC3CCCCCCC3)c2)cc1. The number of sulfonamides is 1. The van der Waals surface area contributed by atoms with Crippen molar-refractivity contribution in [3.05, 3.63) is 53.1 Å². The van der Waals surface area contributed by atoms with Crippen molar-refractivity contribution in [2.45, 2.75) is 60.8 Å². The molecule has 3 rings (SSSR count). The molecule has 10 heteroatoms. The second-order valence-electron chi connectivity index (χ2n) is 8.06. The van der Waals surface area contributed by atoms with Crippen LogP contribution in [0.3, 0.4) is 0 Å². The van der Waals surface area contributed by atoms with E-state index in [1.165, 1.54) is 48.9 Å². The predicted molar refractivity (Wildman–Crippen MR) is 125 cm³/mol.